The summed E-state index contributed by atoms with van der Waals surface area (Å²) < 4.78 is 53.9. The third-order valence-electron chi connectivity index (χ3n) is 7.83. The zero-order chi connectivity index (χ0) is 28.3. The van der Waals surface area contributed by atoms with Crippen LogP contribution in [0.1, 0.15) is 56.4 Å². The standard InChI is InChI=1S/C18H19F3N2O2.C9H16O4/c1-11(2)17(5-3-14(24)8-17)16(25)23-6-4-15-12(10-23)7-13(9-22-15)18(19,20)21;1-11-8(10)7-4-5-9(6-7,12-2)13-3/h3,5,7,9,11H,4,6,8,10H2,1-2H3;7H,4-6H2,1-3H3/t17-;/m0./s1. The first-order valence-electron chi connectivity index (χ1n) is 12.6. The van der Waals surface area contributed by atoms with Gasteiger partial charge in [0.15, 0.2) is 11.6 Å². The van der Waals surface area contributed by atoms with Crippen LogP contribution >= 0.6 is 0 Å². The summed E-state index contributed by atoms with van der Waals surface area (Å²) >= 11 is 0. The molecule has 1 saturated carbocycles. The fourth-order valence-electron chi connectivity index (χ4n) is 5.28. The van der Waals surface area contributed by atoms with E-state index in [2.05, 4.69) is 9.72 Å². The van der Waals surface area contributed by atoms with Crippen LogP contribution in [0, 0.1) is 17.3 Å². The van der Waals surface area contributed by atoms with Gasteiger partial charge in [0, 0.05) is 64.9 Å². The minimum Gasteiger partial charge on any atom is -0.469 e. The van der Waals surface area contributed by atoms with E-state index in [1.54, 1.807) is 25.2 Å². The van der Waals surface area contributed by atoms with Crippen LogP contribution in [-0.4, -0.2) is 61.2 Å². The second kappa shape index (κ2) is 11.5. The molecule has 2 atom stereocenters. The molecule has 2 aliphatic carbocycles. The highest BCUT2D eigenvalue weighted by Crippen LogP contribution is 2.41. The number of ether oxygens (including phenoxy) is 3. The third-order valence-corrected chi connectivity index (χ3v) is 7.83. The van der Waals surface area contributed by atoms with Gasteiger partial charge < -0.3 is 19.1 Å². The summed E-state index contributed by atoms with van der Waals surface area (Å²) in [6.45, 7) is 4.23. The molecule has 1 unspecified atom stereocenters. The number of methoxy groups -OCH3 is 3. The number of allylic oxidation sites excluding steroid dienone is 1. The number of rotatable bonds is 5. The Morgan fingerprint density at radius 3 is 2.37 bits per heavy atom. The molecule has 1 aromatic heterocycles. The minimum atomic E-state index is -4.46. The van der Waals surface area contributed by atoms with E-state index in [1.165, 1.54) is 13.2 Å². The summed E-state index contributed by atoms with van der Waals surface area (Å²) in [7, 11) is 4.61. The average Bonchev–Trinajstić information content (AvgIpc) is 3.52. The molecule has 210 valence electrons. The van der Waals surface area contributed by atoms with Crippen molar-refractivity contribution in [1.82, 2.24) is 9.88 Å². The topological polar surface area (TPSA) is 95.0 Å². The zero-order valence-electron chi connectivity index (χ0n) is 22.4. The molecule has 0 bridgehead atoms. The molecule has 1 fully saturated rings. The van der Waals surface area contributed by atoms with E-state index in [4.69, 9.17) is 9.47 Å². The molecule has 0 N–H and O–H groups in total. The van der Waals surface area contributed by atoms with Gasteiger partial charge in [-0.05, 0) is 30.0 Å². The van der Waals surface area contributed by atoms with Gasteiger partial charge in [0.1, 0.15) is 0 Å². The maximum Gasteiger partial charge on any atom is 0.417 e. The summed E-state index contributed by atoms with van der Waals surface area (Å²) in [6.07, 6.45) is 2.10. The highest BCUT2D eigenvalue weighted by atomic mass is 19.4. The molecule has 0 radical (unpaired) electrons. The fourth-order valence-corrected chi connectivity index (χ4v) is 5.28. The van der Waals surface area contributed by atoms with Gasteiger partial charge in [0.05, 0.1) is 24.0 Å². The summed E-state index contributed by atoms with van der Waals surface area (Å²) in [6, 6.07) is 1.07. The highest BCUT2D eigenvalue weighted by molar-refractivity contribution is 6.01. The zero-order valence-corrected chi connectivity index (χ0v) is 22.4. The van der Waals surface area contributed by atoms with Crippen molar-refractivity contribution in [2.75, 3.05) is 27.9 Å². The number of alkyl halides is 3. The van der Waals surface area contributed by atoms with Gasteiger partial charge in [-0.1, -0.05) is 19.9 Å². The van der Waals surface area contributed by atoms with E-state index in [0.29, 0.717) is 30.6 Å². The van der Waals surface area contributed by atoms with Crippen LogP contribution in [0.3, 0.4) is 0 Å². The molecular formula is C27H35F3N2O6. The second-order valence-corrected chi connectivity index (χ2v) is 10.3. The van der Waals surface area contributed by atoms with Crippen LogP contribution in [0.4, 0.5) is 13.2 Å². The summed E-state index contributed by atoms with van der Waals surface area (Å²) in [4.78, 5) is 41.5. The molecule has 38 heavy (non-hydrogen) atoms. The van der Waals surface area contributed by atoms with E-state index in [0.717, 1.165) is 25.1 Å². The van der Waals surface area contributed by atoms with Crippen LogP contribution in [-0.2, 0) is 47.7 Å². The summed E-state index contributed by atoms with van der Waals surface area (Å²) in [5.41, 5.74) is -0.700. The van der Waals surface area contributed by atoms with Gasteiger partial charge in [0.2, 0.25) is 5.91 Å². The molecule has 3 aliphatic rings. The predicted octanol–water partition coefficient (Wildman–Crippen LogP) is 4.11. The molecule has 0 saturated heterocycles. The molecule has 1 amide bonds. The Bertz CT molecular complexity index is 1080. The van der Waals surface area contributed by atoms with Gasteiger partial charge >= 0.3 is 12.1 Å². The van der Waals surface area contributed by atoms with Crippen LogP contribution in [0.15, 0.2) is 24.4 Å². The first-order chi connectivity index (χ1) is 17.8. The van der Waals surface area contributed by atoms with Crippen LogP contribution in [0.25, 0.3) is 0 Å². The third kappa shape index (κ3) is 6.09. The number of hydrogen-bond donors (Lipinski definition) is 0. The average molecular weight is 541 g/mol. The van der Waals surface area contributed by atoms with E-state index >= 15 is 0 Å². The molecule has 1 aromatic rings. The first-order valence-corrected chi connectivity index (χ1v) is 12.6. The van der Waals surface area contributed by atoms with Crippen molar-refractivity contribution in [3.63, 3.8) is 0 Å². The fraction of sp³-hybridized carbons (Fsp3) is 0.630. The molecule has 11 heteroatoms. The number of ketones is 1. The number of halogens is 3. The Hall–Kier alpha value is -2.79. The number of hydrogen-bond acceptors (Lipinski definition) is 7. The van der Waals surface area contributed by atoms with Gasteiger partial charge in [-0.15, -0.1) is 0 Å². The Labute approximate surface area is 220 Å². The molecular weight excluding hydrogens is 505 g/mol. The number of pyridine rings is 1. The lowest BCUT2D eigenvalue weighted by molar-refractivity contribution is -0.203. The van der Waals surface area contributed by atoms with Crippen molar-refractivity contribution in [1.29, 1.82) is 0 Å². The number of carbonyl (C=O) groups excluding carboxylic acids is 3. The van der Waals surface area contributed by atoms with Crippen molar-refractivity contribution < 1.29 is 41.8 Å². The van der Waals surface area contributed by atoms with Gasteiger partial charge in [0.25, 0.3) is 0 Å². The van der Waals surface area contributed by atoms with Crippen LogP contribution in [0.5, 0.6) is 0 Å². The van der Waals surface area contributed by atoms with E-state index in [-0.39, 0.29) is 42.5 Å². The maximum absolute atomic E-state index is 13.1. The van der Waals surface area contributed by atoms with Crippen molar-refractivity contribution in [3.05, 3.63) is 41.2 Å². The van der Waals surface area contributed by atoms with E-state index in [9.17, 15) is 27.6 Å². The lowest BCUT2D eigenvalue weighted by atomic mass is 9.75. The van der Waals surface area contributed by atoms with Gasteiger partial charge in [-0.25, -0.2) is 0 Å². The van der Waals surface area contributed by atoms with Crippen molar-refractivity contribution in [2.24, 2.45) is 17.3 Å². The van der Waals surface area contributed by atoms with Crippen molar-refractivity contribution >= 4 is 17.7 Å². The Kier molecular flexibility index (Phi) is 9.03. The smallest absolute Gasteiger partial charge is 0.417 e. The van der Waals surface area contributed by atoms with E-state index in [1.807, 2.05) is 13.8 Å². The normalized spacial score (nSPS) is 24.2. The number of amides is 1. The van der Waals surface area contributed by atoms with Crippen molar-refractivity contribution in [2.45, 2.75) is 64.5 Å². The Morgan fingerprint density at radius 1 is 1.18 bits per heavy atom. The molecule has 4 rings (SSSR count). The number of fused-ring (bicyclic) bond motifs is 1. The van der Waals surface area contributed by atoms with Crippen LogP contribution in [0.2, 0.25) is 0 Å². The number of carbonyl (C=O) groups is 3. The summed E-state index contributed by atoms with van der Waals surface area (Å²) in [5, 5.41) is 0. The molecule has 1 aliphatic heterocycles. The molecule has 8 nitrogen and oxygen atoms in total. The lowest BCUT2D eigenvalue weighted by Crippen LogP contribution is -2.47. The molecule has 0 spiro atoms. The highest BCUT2D eigenvalue weighted by Gasteiger charge is 2.47. The number of esters is 1. The lowest BCUT2D eigenvalue weighted by Gasteiger charge is -2.38. The predicted molar refractivity (Wildman–Crippen MR) is 131 cm³/mol. The molecule has 0 aromatic carbocycles. The number of aromatic nitrogens is 1. The Balaban J connectivity index is 0.000000260. The van der Waals surface area contributed by atoms with Gasteiger partial charge in [-0.2, -0.15) is 13.2 Å². The maximum atomic E-state index is 13.1. The first kappa shape index (κ1) is 29.8. The second-order valence-electron chi connectivity index (χ2n) is 10.3. The van der Waals surface area contributed by atoms with Crippen LogP contribution < -0.4 is 0 Å². The van der Waals surface area contributed by atoms with Crippen molar-refractivity contribution in [3.8, 4) is 0 Å². The van der Waals surface area contributed by atoms with Gasteiger partial charge in [-0.3, -0.25) is 19.4 Å². The van der Waals surface area contributed by atoms with E-state index < -0.39 is 22.9 Å². The number of nitrogens with zero attached hydrogens (tertiary/aromatic N) is 2. The largest absolute Gasteiger partial charge is 0.469 e. The monoisotopic (exact) mass is 540 g/mol. The summed E-state index contributed by atoms with van der Waals surface area (Å²) in [5.74, 6) is -1.20. The quantitative estimate of drug-likeness (QED) is 0.410. The Morgan fingerprint density at radius 2 is 1.87 bits per heavy atom. The SMILES string of the molecule is CC(C)[C@]1(C(=O)N2CCc3ncc(C(F)(F)F)cc3C2)C=CC(=O)C1.COC(=O)C1CCC(OC)(OC)C1. The minimum absolute atomic E-state index is 0.0788. The molecule has 2 heterocycles.